The molecule has 0 radical (unpaired) electrons. The molecule has 1 unspecified atom stereocenters. The minimum atomic E-state index is 0.0680. The predicted octanol–water partition coefficient (Wildman–Crippen LogP) is 3.70. The molecule has 0 aliphatic carbocycles. The Balaban J connectivity index is 2.21. The fourth-order valence-corrected chi connectivity index (χ4v) is 2.11. The van der Waals surface area contributed by atoms with Gasteiger partial charge in [0.1, 0.15) is 17.3 Å². The zero-order valence-electron chi connectivity index (χ0n) is 10.6. The van der Waals surface area contributed by atoms with Crippen molar-refractivity contribution in [2.24, 2.45) is 0 Å². The molecule has 96 valence electrons. The summed E-state index contributed by atoms with van der Waals surface area (Å²) in [6.45, 7) is 5.91. The Bertz CT molecular complexity index is 565. The third-order valence-corrected chi connectivity index (χ3v) is 2.99. The molecule has 0 saturated carbocycles. The van der Waals surface area contributed by atoms with Crippen LogP contribution in [0.15, 0.2) is 22.7 Å². The summed E-state index contributed by atoms with van der Waals surface area (Å²) < 4.78 is 5.51. The van der Waals surface area contributed by atoms with E-state index < -0.39 is 0 Å². The number of halogens is 1. The second-order valence-electron chi connectivity index (χ2n) is 4.33. The molecule has 18 heavy (non-hydrogen) atoms. The van der Waals surface area contributed by atoms with Crippen LogP contribution in [0.2, 0.25) is 5.02 Å². The van der Waals surface area contributed by atoms with Gasteiger partial charge in [-0.2, -0.15) is 0 Å². The van der Waals surface area contributed by atoms with Crippen LogP contribution >= 0.6 is 11.6 Å². The van der Waals surface area contributed by atoms with Crippen LogP contribution in [0.25, 0.3) is 0 Å². The van der Waals surface area contributed by atoms with E-state index in [2.05, 4.69) is 10.3 Å². The maximum absolute atomic E-state index is 5.86. The zero-order valence-corrected chi connectivity index (χ0v) is 11.4. The third-order valence-electron chi connectivity index (χ3n) is 2.78. The van der Waals surface area contributed by atoms with E-state index in [0.717, 1.165) is 17.1 Å². The number of nitrogen functional groups attached to an aromatic ring is 1. The van der Waals surface area contributed by atoms with Crippen molar-refractivity contribution in [3.8, 4) is 0 Å². The summed E-state index contributed by atoms with van der Waals surface area (Å²) in [4.78, 5) is 4.18. The molecule has 3 N–H and O–H groups in total. The number of hydrogen-bond acceptors (Lipinski definition) is 4. The van der Waals surface area contributed by atoms with Gasteiger partial charge in [-0.05, 0) is 32.9 Å². The van der Waals surface area contributed by atoms with Crippen molar-refractivity contribution in [2.45, 2.75) is 26.8 Å². The highest BCUT2D eigenvalue weighted by atomic mass is 35.5. The second-order valence-corrected chi connectivity index (χ2v) is 4.76. The average Bonchev–Trinajstić information content (AvgIpc) is 2.62. The number of aromatic nitrogens is 1. The van der Waals surface area contributed by atoms with Gasteiger partial charge < -0.3 is 15.5 Å². The molecular formula is C13H16ClN3O. The summed E-state index contributed by atoms with van der Waals surface area (Å²) in [5, 5.41) is 3.78. The van der Waals surface area contributed by atoms with Crippen LogP contribution in [-0.2, 0) is 0 Å². The van der Waals surface area contributed by atoms with Gasteiger partial charge in [-0.15, -0.1) is 0 Å². The summed E-state index contributed by atoms with van der Waals surface area (Å²) in [6, 6.07) is 3.76. The fourth-order valence-electron chi connectivity index (χ4n) is 1.94. The van der Waals surface area contributed by atoms with E-state index in [4.69, 9.17) is 21.8 Å². The van der Waals surface area contributed by atoms with E-state index in [1.54, 1.807) is 12.3 Å². The molecule has 1 atom stereocenters. The first kappa shape index (κ1) is 12.8. The van der Waals surface area contributed by atoms with Gasteiger partial charge in [-0.1, -0.05) is 11.6 Å². The number of nitrogens with two attached hydrogens (primary N) is 1. The van der Waals surface area contributed by atoms with Crippen molar-refractivity contribution in [1.29, 1.82) is 0 Å². The molecule has 0 amide bonds. The van der Waals surface area contributed by atoms with Crippen LogP contribution in [0, 0.1) is 13.8 Å². The quantitative estimate of drug-likeness (QED) is 0.888. The van der Waals surface area contributed by atoms with E-state index in [1.165, 1.54) is 0 Å². The van der Waals surface area contributed by atoms with Gasteiger partial charge >= 0.3 is 0 Å². The Morgan fingerprint density at radius 1 is 1.39 bits per heavy atom. The number of furan rings is 1. The van der Waals surface area contributed by atoms with Crippen LogP contribution in [-0.4, -0.2) is 4.98 Å². The van der Waals surface area contributed by atoms with Gasteiger partial charge in [0.25, 0.3) is 0 Å². The van der Waals surface area contributed by atoms with Gasteiger partial charge in [0.05, 0.1) is 16.8 Å². The standard InChI is InChI=1S/C13H16ClN3O/c1-7-4-11(9(3)18-7)8(2)17-13-12(15)5-10(14)6-16-13/h4-6,8H,15H2,1-3H3,(H,16,17). The summed E-state index contributed by atoms with van der Waals surface area (Å²) in [6.07, 6.45) is 1.57. The van der Waals surface area contributed by atoms with Crippen molar-refractivity contribution in [2.75, 3.05) is 11.1 Å². The first-order valence-corrected chi connectivity index (χ1v) is 6.09. The summed E-state index contributed by atoms with van der Waals surface area (Å²) in [5.41, 5.74) is 7.49. The number of nitrogens with one attached hydrogen (secondary N) is 1. The first-order chi connectivity index (χ1) is 8.47. The van der Waals surface area contributed by atoms with Crippen molar-refractivity contribution in [3.05, 3.63) is 40.4 Å². The van der Waals surface area contributed by atoms with E-state index in [-0.39, 0.29) is 6.04 Å². The number of hydrogen-bond donors (Lipinski definition) is 2. The molecule has 0 aromatic carbocycles. The predicted molar refractivity (Wildman–Crippen MR) is 73.9 cm³/mol. The lowest BCUT2D eigenvalue weighted by atomic mass is 10.1. The summed E-state index contributed by atoms with van der Waals surface area (Å²) >= 11 is 5.81. The summed E-state index contributed by atoms with van der Waals surface area (Å²) in [5.74, 6) is 2.43. The lowest BCUT2D eigenvalue weighted by Gasteiger charge is -2.15. The second kappa shape index (κ2) is 4.90. The average molecular weight is 266 g/mol. The maximum Gasteiger partial charge on any atom is 0.149 e. The molecular weight excluding hydrogens is 250 g/mol. The van der Waals surface area contributed by atoms with Gasteiger partial charge in [0.15, 0.2) is 0 Å². The molecule has 4 nitrogen and oxygen atoms in total. The summed E-state index contributed by atoms with van der Waals surface area (Å²) in [7, 11) is 0. The van der Waals surface area contributed by atoms with E-state index >= 15 is 0 Å². The van der Waals surface area contributed by atoms with Crippen molar-refractivity contribution in [1.82, 2.24) is 4.98 Å². The van der Waals surface area contributed by atoms with Crippen LogP contribution in [0.5, 0.6) is 0 Å². The molecule has 2 aromatic heterocycles. The smallest absolute Gasteiger partial charge is 0.149 e. The number of anilines is 2. The van der Waals surface area contributed by atoms with E-state index in [1.807, 2.05) is 26.8 Å². The maximum atomic E-state index is 5.86. The lowest BCUT2D eigenvalue weighted by molar-refractivity contribution is 0.500. The van der Waals surface area contributed by atoms with Crippen LogP contribution in [0.3, 0.4) is 0 Å². The third kappa shape index (κ3) is 2.59. The van der Waals surface area contributed by atoms with Gasteiger partial charge in [0, 0.05) is 11.8 Å². The fraction of sp³-hybridized carbons (Fsp3) is 0.308. The van der Waals surface area contributed by atoms with Crippen molar-refractivity contribution >= 4 is 23.1 Å². The van der Waals surface area contributed by atoms with Crippen molar-refractivity contribution < 1.29 is 4.42 Å². The highest BCUT2D eigenvalue weighted by Gasteiger charge is 2.14. The van der Waals surface area contributed by atoms with E-state index in [9.17, 15) is 0 Å². The Kier molecular flexibility index (Phi) is 3.48. The highest BCUT2D eigenvalue weighted by molar-refractivity contribution is 6.30. The minimum absolute atomic E-state index is 0.0680. The largest absolute Gasteiger partial charge is 0.466 e. The van der Waals surface area contributed by atoms with E-state index in [0.29, 0.717) is 16.5 Å². The normalized spacial score (nSPS) is 12.4. The van der Waals surface area contributed by atoms with Gasteiger partial charge in [-0.3, -0.25) is 0 Å². The number of pyridine rings is 1. The molecule has 2 heterocycles. The molecule has 2 rings (SSSR count). The zero-order chi connectivity index (χ0) is 13.3. The Labute approximate surface area is 111 Å². The highest BCUT2D eigenvalue weighted by Crippen LogP contribution is 2.27. The molecule has 0 fully saturated rings. The Hall–Kier alpha value is -1.68. The number of nitrogens with zero attached hydrogens (tertiary/aromatic N) is 1. The molecule has 0 aliphatic rings. The SMILES string of the molecule is Cc1cc(C(C)Nc2ncc(Cl)cc2N)c(C)o1. The Morgan fingerprint density at radius 2 is 2.11 bits per heavy atom. The molecule has 2 aromatic rings. The first-order valence-electron chi connectivity index (χ1n) is 5.72. The number of aryl methyl sites for hydroxylation is 2. The molecule has 5 heteroatoms. The van der Waals surface area contributed by atoms with Gasteiger partial charge in [-0.25, -0.2) is 4.98 Å². The van der Waals surface area contributed by atoms with Crippen LogP contribution in [0.1, 0.15) is 30.0 Å². The van der Waals surface area contributed by atoms with Crippen LogP contribution in [0.4, 0.5) is 11.5 Å². The molecule has 0 saturated heterocycles. The lowest BCUT2D eigenvalue weighted by Crippen LogP contribution is -2.10. The van der Waals surface area contributed by atoms with Gasteiger partial charge in [0.2, 0.25) is 0 Å². The Morgan fingerprint density at radius 3 is 2.67 bits per heavy atom. The van der Waals surface area contributed by atoms with Crippen LogP contribution < -0.4 is 11.1 Å². The monoisotopic (exact) mass is 265 g/mol. The molecule has 0 aliphatic heterocycles. The topological polar surface area (TPSA) is 64.1 Å². The molecule has 0 spiro atoms. The number of rotatable bonds is 3. The minimum Gasteiger partial charge on any atom is -0.466 e. The van der Waals surface area contributed by atoms with Crippen molar-refractivity contribution in [3.63, 3.8) is 0 Å². The molecule has 0 bridgehead atoms.